The van der Waals surface area contributed by atoms with E-state index in [1.54, 1.807) is 0 Å². The molecule has 0 aliphatic rings. The summed E-state index contributed by atoms with van der Waals surface area (Å²) in [6.45, 7) is 3.85. The highest BCUT2D eigenvalue weighted by molar-refractivity contribution is 5.43. The van der Waals surface area contributed by atoms with Crippen LogP contribution in [0, 0.1) is 6.92 Å². The Hall–Kier alpha value is -1.58. The van der Waals surface area contributed by atoms with Gasteiger partial charge in [0.05, 0.1) is 0 Å². The molecule has 2 aromatic heterocycles. The number of hydrogen-bond acceptors (Lipinski definition) is 4. The molecule has 0 aliphatic heterocycles. The zero-order chi connectivity index (χ0) is 9.26. The van der Waals surface area contributed by atoms with Gasteiger partial charge in [-0.1, -0.05) is 12.1 Å². The molecule has 0 unspecified atom stereocenters. The average molecular weight is 178 g/mol. The van der Waals surface area contributed by atoms with Gasteiger partial charge in [-0.05, 0) is 19.1 Å². The average Bonchev–Trinajstić information content (AvgIpc) is 2.71. The lowest BCUT2D eigenvalue weighted by molar-refractivity contribution is 0.407. The van der Waals surface area contributed by atoms with E-state index in [-0.39, 0.29) is 0 Å². The highest BCUT2D eigenvalue weighted by Gasteiger charge is 2.10. The van der Waals surface area contributed by atoms with Crippen LogP contribution in [0.5, 0.6) is 0 Å². The fraction of sp³-hybridized carbons (Fsp3) is 0.333. The molecule has 0 amide bonds. The largest absolute Gasteiger partial charge is 0.456 e. The monoisotopic (exact) mass is 178 g/mol. The quantitative estimate of drug-likeness (QED) is 0.707. The molecule has 0 saturated heterocycles. The Morgan fingerprint density at radius 1 is 1.38 bits per heavy atom. The van der Waals surface area contributed by atoms with E-state index in [2.05, 4.69) is 10.1 Å². The van der Waals surface area contributed by atoms with E-state index in [4.69, 9.17) is 8.94 Å². The van der Waals surface area contributed by atoms with Gasteiger partial charge in [0.15, 0.2) is 11.6 Å². The van der Waals surface area contributed by atoms with E-state index >= 15 is 0 Å². The molecule has 2 rings (SSSR count). The van der Waals surface area contributed by atoms with E-state index in [1.807, 2.05) is 26.0 Å². The van der Waals surface area contributed by atoms with E-state index in [9.17, 15) is 0 Å². The smallest absolute Gasteiger partial charge is 0.293 e. The molecule has 4 heteroatoms. The molecule has 0 spiro atoms. The van der Waals surface area contributed by atoms with Crippen molar-refractivity contribution in [2.75, 3.05) is 0 Å². The topological polar surface area (TPSA) is 52.1 Å². The molecule has 2 aromatic rings. The third kappa shape index (κ3) is 1.47. The Labute approximate surface area is 75.6 Å². The third-order valence-electron chi connectivity index (χ3n) is 1.74. The zero-order valence-corrected chi connectivity index (χ0v) is 7.57. The standard InChI is InChI=1S/C9H10N2O2/c1-3-8-10-9(13-11-8)7-5-4-6(2)12-7/h4-5H,3H2,1-2H3. The SMILES string of the molecule is CCc1noc(-c2ccc(C)o2)n1. The van der Waals surface area contributed by atoms with Gasteiger partial charge in [0, 0.05) is 6.42 Å². The summed E-state index contributed by atoms with van der Waals surface area (Å²) in [5, 5.41) is 3.77. The van der Waals surface area contributed by atoms with Gasteiger partial charge in [0.2, 0.25) is 0 Å². The summed E-state index contributed by atoms with van der Waals surface area (Å²) < 4.78 is 10.3. The number of nitrogens with zero attached hydrogens (tertiary/aromatic N) is 2. The first-order chi connectivity index (χ1) is 6.29. The van der Waals surface area contributed by atoms with Crippen LogP contribution in [-0.2, 0) is 6.42 Å². The Morgan fingerprint density at radius 2 is 2.23 bits per heavy atom. The van der Waals surface area contributed by atoms with Gasteiger partial charge in [-0.15, -0.1) is 0 Å². The number of furan rings is 1. The molecule has 0 saturated carbocycles. The van der Waals surface area contributed by atoms with Gasteiger partial charge in [0.25, 0.3) is 5.89 Å². The molecular formula is C9H10N2O2. The maximum absolute atomic E-state index is 5.33. The number of rotatable bonds is 2. The van der Waals surface area contributed by atoms with Crippen LogP contribution < -0.4 is 0 Å². The van der Waals surface area contributed by atoms with Gasteiger partial charge >= 0.3 is 0 Å². The predicted molar refractivity (Wildman–Crippen MR) is 46.1 cm³/mol. The lowest BCUT2D eigenvalue weighted by Gasteiger charge is -1.84. The molecule has 4 nitrogen and oxygen atoms in total. The first kappa shape index (κ1) is 8.04. The number of hydrogen-bond donors (Lipinski definition) is 0. The normalized spacial score (nSPS) is 10.6. The van der Waals surface area contributed by atoms with Gasteiger partial charge in [-0.3, -0.25) is 0 Å². The molecule has 0 atom stereocenters. The predicted octanol–water partition coefficient (Wildman–Crippen LogP) is 2.20. The van der Waals surface area contributed by atoms with Gasteiger partial charge in [0.1, 0.15) is 5.76 Å². The molecule has 68 valence electrons. The van der Waals surface area contributed by atoms with Gasteiger partial charge in [-0.25, -0.2) is 0 Å². The summed E-state index contributed by atoms with van der Waals surface area (Å²) in [5.41, 5.74) is 0. The first-order valence-electron chi connectivity index (χ1n) is 4.19. The minimum Gasteiger partial charge on any atom is -0.456 e. The van der Waals surface area contributed by atoms with Crippen molar-refractivity contribution < 1.29 is 8.94 Å². The van der Waals surface area contributed by atoms with E-state index in [0.717, 1.165) is 12.2 Å². The van der Waals surface area contributed by atoms with E-state index in [0.29, 0.717) is 17.5 Å². The second-order valence-corrected chi connectivity index (χ2v) is 2.78. The maximum atomic E-state index is 5.33. The molecule has 0 fully saturated rings. The lowest BCUT2D eigenvalue weighted by atomic mass is 10.4. The lowest BCUT2D eigenvalue weighted by Crippen LogP contribution is -1.81. The molecule has 0 aromatic carbocycles. The van der Waals surface area contributed by atoms with Crippen LogP contribution in [0.3, 0.4) is 0 Å². The Morgan fingerprint density at radius 3 is 2.77 bits per heavy atom. The first-order valence-corrected chi connectivity index (χ1v) is 4.19. The molecule has 0 bridgehead atoms. The summed E-state index contributed by atoms with van der Waals surface area (Å²) in [6.07, 6.45) is 0.767. The Bertz CT molecular complexity index is 403. The molecule has 0 radical (unpaired) electrons. The van der Waals surface area contributed by atoms with Crippen molar-refractivity contribution in [2.24, 2.45) is 0 Å². The second kappa shape index (κ2) is 3.05. The molecule has 0 N–H and O–H groups in total. The Kier molecular flexibility index (Phi) is 1.88. The van der Waals surface area contributed by atoms with Crippen LogP contribution in [0.2, 0.25) is 0 Å². The summed E-state index contributed by atoms with van der Waals surface area (Å²) in [5.74, 6) is 2.62. The van der Waals surface area contributed by atoms with Crippen LogP contribution in [0.25, 0.3) is 11.7 Å². The van der Waals surface area contributed by atoms with Crippen molar-refractivity contribution in [3.8, 4) is 11.7 Å². The van der Waals surface area contributed by atoms with Crippen molar-refractivity contribution in [1.29, 1.82) is 0 Å². The van der Waals surface area contributed by atoms with Crippen LogP contribution >= 0.6 is 0 Å². The van der Waals surface area contributed by atoms with Crippen molar-refractivity contribution in [3.63, 3.8) is 0 Å². The summed E-state index contributed by atoms with van der Waals surface area (Å²) in [7, 11) is 0. The summed E-state index contributed by atoms with van der Waals surface area (Å²) in [6, 6.07) is 3.69. The minimum atomic E-state index is 0.449. The van der Waals surface area contributed by atoms with Crippen molar-refractivity contribution in [3.05, 3.63) is 23.7 Å². The molecule has 13 heavy (non-hydrogen) atoms. The minimum absolute atomic E-state index is 0.449. The zero-order valence-electron chi connectivity index (χ0n) is 7.57. The van der Waals surface area contributed by atoms with Crippen molar-refractivity contribution in [2.45, 2.75) is 20.3 Å². The van der Waals surface area contributed by atoms with Crippen LogP contribution in [0.4, 0.5) is 0 Å². The van der Waals surface area contributed by atoms with E-state index < -0.39 is 0 Å². The molecule has 0 aliphatic carbocycles. The number of aromatic nitrogens is 2. The highest BCUT2D eigenvalue weighted by Crippen LogP contribution is 2.19. The van der Waals surface area contributed by atoms with Gasteiger partial charge < -0.3 is 8.94 Å². The highest BCUT2D eigenvalue weighted by atomic mass is 16.5. The Balaban J connectivity index is 2.35. The summed E-state index contributed by atoms with van der Waals surface area (Å²) in [4.78, 5) is 4.14. The van der Waals surface area contributed by atoms with Crippen molar-refractivity contribution >= 4 is 0 Å². The van der Waals surface area contributed by atoms with Crippen LogP contribution in [0.1, 0.15) is 18.5 Å². The third-order valence-corrected chi connectivity index (χ3v) is 1.74. The maximum Gasteiger partial charge on any atom is 0.293 e. The van der Waals surface area contributed by atoms with Gasteiger partial charge in [-0.2, -0.15) is 4.98 Å². The van der Waals surface area contributed by atoms with Crippen LogP contribution in [-0.4, -0.2) is 10.1 Å². The van der Waals surface area contributed by atoms with Crippen LogP contribution in [0.15, 0.2) is 21.1 Å². The second-order valence-electron chi connectivity index (χ2n) is 2.78. The number of aryl methyl sites for hydroxylation is 2. The summed E-state index contributed by atoms with van der Waals surface area (Å²) >= 11 is 0. The van der Waals surface area contributed by atoms with E-state index in [1.165, 1.54) is 0 Å². The van der Waals surface area contributed by atoms with Crippen molar-refractivity contribution in [1.82, 2.24) is 10.1 Å². The fourth-order valence-electron chi connectivity index (χ4n) is 1.05. The molecule has 2 heterocycles. The molecular weight excluding hydrogens is 168 g/mol. The fourth-order valence-corrected chi connectivity index (χ4v) is 1.05.